The average Bonchev–Trinajstić information content (AvgIpc) is 2.51. The van der Waals surface area contributed by atoms with E-state index in [1.807, 2.05) is 19.1 Å². The van der Waals surface area contributed by atoms with Crippen molar-refractivity contribution in [2.75, 3.05) is 6.54 Å². The van der Waals surface area contributed by atoms with Crippen LogP contribution in [-0.2, 0) is 10.0 Å². The van der Waals surface area contributed by atoms with E-state index < -0.39 is 10.0 Å². The quantitative estimate of drug-likeness (QED) is 0.836. The molecule has 2 aliphatic rings. The SMILES string of the molecule is C=C1c2ccccc2S(=O)(=O)N(CC)C1C1CCCCC1. The molecule has 1 aliphatic heterocycles. The number of hydrogen-bond donors (Lipinski definition) is 0. The average molecular weight is 305 g/mol. The van der Waals surface area contributed by atoms with Gasteiger partial charge in [-0.3, -0.25) is 0 Å². The number of nitrogens with zero attached hydrogens (tertiary/aromatic N) is 1. The van der Waals surface area contributed by atoms with Crippen molar-refractivity contribution in [3.8, 4) is 0 Å². The van der Waals surface area contributed by atoms with Gasteiger partial charge in [-0.2, -0.15) is 4.31 Å². The molecule has 4 heteroatoms. The van der Waals surface area contributed by atoms with E-state index in [1.165, 1.54) is 19.3 Å². The van der Waals surface area contributed by atoms with Crippen LogP contribution in [0.4, 0.5) is 0 Å². The molecule has 1 atom stereocenters. The highest BCUT2D eigenvalue weighted by molar-refractivity contribution is 7.89. The monoisotopic (exact) mass is 305 g/mol. The van der Waals surface area contributed by atoms with Gasteiger partial charge in [0.25, 0.3) is 0 Å². The Labute approximate surface area is 127 Å². The van der Waals surface area contributed by atoms with Crippen LogP contribution >= 0.6 is 0 Å². The van der Waals surface area contributed by atoms with Gasteiger partial charge in [-0.25, -0.2) is 8.42 Å². The van der Waals surface area contributed by atoms with E-state index in [0.717, 1.165) is 24.0 Å². The molecule has 0 aromatic heterocycles. The van der Waals surface area contributed by atoms with Crippen molar-refractivity contribution in [1.29, 1.82) is 0 Å². The van der Waals surface area contributed by atoms with Gasteiger partial charge in [-0.15, -0.1) is 0 Å². The summed E-state index contributed by atoms with van der Waals surface area (Å²) in [5.74, 6) is 0.411. The van der Waals surface area contributed by atoms with Crippen molar-refractivity contribution in [3.63, 3.8) is 0 Å². The molecule has 1 aromatic rings. The molecule has 1 heterocycles. The number of benzene rings is 1. The van der Waals surface area contributed by atoms with Crippen LogP contribution < -0.4 is 0 Å². The van der Waals surface area contributed by atoms with Gasteiger partial charge in [0, 0.05) is 6.54 Å². The molecule has 0 spiro atoms. The largest absolute Gasteiger partial charge is 0.244 e. The van der Waals surface area contributed by atoms with Gasteiger partial charge in [-0.1, -0.05) is 51.0 Å². The lowest BCUT2D eigenvalue weighted by molar-refractivity contribution is 0.236. The second kappa shape index (κ2) is 5.58. The molecular weight excluding hydrogens is 282 g/mol. The lowest BCUT2D eigenvalue weighted by Crippen LogP contribution is -2.48. The van der Waals surface area contributed by atoms with Crippen LogP contribution in [0.1, 0.15) is 44.6 Å². The van der Waals surface area contributed by atoms with E-state index in [1.54, 1.807) is 16.4 Å². The lowest BCUT2D eigenvalue weighted by atomic mass is 9.79. The number of sulfonamides is 1. The Kier molecular flexibility index (Phi) is 3.93. The molecule has 21 heavy (non-hydrogen) atoms. The smallest absolute Gasteiger partial charge is 0.207 e. The normalized spacial score (nSPS) is 26.5. The second-order valence-corrected chi connectivity index (χ2v) is 7.93. The highest BCUT2D eigenvalue weighted by Gasteiger charge is 2.42. The Hall–Kier alpha value is -1.13. The predicted molar refractivity (Wildman–Crippen MR) is 85.4 cm³/mol. The van der Waals surface area contributed by atoms with E-state index in [9.17, 15) is 8.42 Å². The Morgan fingerprint density at radius 1 is 1.19 bits per heavy atom. The Bertz CT molecular complexity index is 645. The zero-order valence-corrected chi connectivity index (χ0v) is 13.4. The topological polar surface area (TPSA) is 37.4 Å². The summed E-state index contributed by atoms with van der Waals surface area (Å²) in [6, 6.07) is 7.24. The molecule has 0 bridgehead atoms. The van der Waals surface area contributed by atoms with Crippen molar-refractivity contribution < 1.29 is 8.42 Å². The third-order valence-corrected chi connectivity index (χ3v) is 6.91. The van der Waals surface area contributed by atoms with Crippen LogP contribution in [0.15, 0.2) is 35.7 Å². The summed E-state index contributed by atoms with van der Waals surface area (Å²) in [5, 5.41) is 0. The fourth-order valence-corrected chi connectivity index (χ4v) is 5.82. The maximum absolute atomic E-state index is 12.9. The third kappa shape index (κ3) is 2.34. The van der Waals surface area contributed by atoms with Gasteiger partial charge < -0.3 is 0 Å². The number of likely N-dealkylation sites (N-methyl/N-ethyl adjacent to an activating group) is 1. The molecule has 1 aliphatic carbocycles. The van der Waals surface area contributed by atoms with Crippen molar-refractivity contribution in [2.45, 2.75) is 50.0 Å². The molecule has 0 radical (unpaired) electrons. The predicted octanol–water partition coefficient (Wildman–Crippen LogP) is 3.67. The maximum Gasteiger partial charge on any atom is 0.244 e. The van der Waals surface area contributed by atoms with Gasteiger partial charge in [0.15, 0.2) is 0 Å². The standard InChI is InChI=1S/C17H23NO2S/c1-3-18-17(14-9-5-4-6-10-14)13(2)15-11-7-8-12-16(15)21(18,19)20/h7-8,11-12,14,17H,2-6,9-10H2,1H3. The maximum atomic E-state index is 12.9. The van der Waals surface area contributed by atoms with Gasteiger partial charge >= 0.3 is 0 Å². The minimum atomic E-state index is -3.39. The van der Waals surface area contributed by atoms with Crippen LogP contribution in [0.3, 0.4) is 0 Å². The summed E-state index contributed by atoms with van der Waals surface area (Å²) >= 11 is 0. The van der Waals surface area contributed by atoms with Gasteiger partial charge in [0.1, 0.15) is 0 Å². The molecule has 1 fully saturated rings. The number of fused-ring (bicyclic) bond motifs is 1. The summed E-state index contributed by atoms with van der Waals surface area (Å²) in [5.41, 5.74) is 1.80. The zero-order valence-electron chi connectivity index (χ0n) is 12.6. The molecule has 3 rings (SSSR count). The molecule has 0 amide bonds. The highest BCUT2D eigenvalue weighted by Crippen LogP contribution is 2.43. The first kappa shape index (κ1) is 14.8. The Morgan fingerprint density at radius 2 is 1.86 bits per heavy atom. The van der Waals surface area contributed by atoms with E-state index >= 15 is 0 Å². The fourth-order valence-electron chi connectivity index (χ4n) is 3.90. The van der Waals surface area contributed by atoms with Crippen LogP contribution in [0, 0.1) is 5.92 Å². The third-order valence-electron chi connectivity index (χ3n) is 4.89. The molecule has 0 saturated heterocycles. The molecule has 1 saturated carbocycles. The minimum absolute atomic E-state index is 0.0600. The van der Waals surface area contributed by atoms with Gasteiger partial charge in [-0.05, 0) is 36.0 Å². The molecule has 1 aromatic carbocycles. The first-order chi connectivity index (χ1) is 10.1. The molecule has 114 valence electrons. The summed E-state index contributed by atoms with van der Waals surface area (Å²) in [6.07, 6.45) is 5.89. The first-order valence-corrected chi connectivity index (χ1v) is 9.31. The lowest BCUT2D eigenvalue weighted by Gasteiger charge is -2.42. The van der Waals surface area contributed by atoms with Crippen LogP contribution in [0.5, 0.6) is 0 Å². The molecular formula is C17H23NO2S. The van der Waals surface area contributed by atoms with Crippen LogP contribution in [-0.4, -0.2) is 25.3 Å². The van der Waals surface area contributed by atoms with Gasteiger partial charge in [0.05, 0.1) is 10.9 Å². The summed E-state index contributed by atoms with van der Waals surface area (Å²) in [7, 11) is -3.39. The molecule has 3 nitrogen and oxygen atoms in total. The first-order valence-electron chi connectivity index (χ1n) is 7.87. The number of rotatable bonds is 2. The Balaban J connectivity index is 2.11. The zero-order chi connectivity index (χ0) is 15.0. The Morgan fingerprint density at radius 3 is 2.52 bits per heavy atom. The van der Waals surface area contributed by atoms with Crippen molar-refractivity contribution in [1.82, 2.24) is 4.31 Å². The van der Waals surface area contributed by atoms with Crippen LogP contribution in [0.25, 0.3) is 5.57 Å². The number of hydrogen-bond acceptors (Lipinski definition) is 2. The van der Waals surface area contributed by atoms with E-state index in [4.69, 9.17) is 0 Å². The van der Waals surface area contributed by atoms with Crippen LogP contribution in [0.2, 0.25) is 0 Å². The summed E-state index contributed by atoms with van der Waals surface area (Å²) in [6.45, 7) is 6.71. The summed E-state index contributed by atoms with van der Waals surface area (Å²) < 4.78 is 27.5. The second-order valence-electron chi connectivity index (χ2n) is 6.07. The van der Waals surface area contributed by atoms with E-state index in [-0.39, 0.29) is 6.04 Å². The molecule has 1 unspecified atom stereocenters. The van der Waals surface area contributed by atoms with Crippen molar-refractivity contribution in [3.05, 3.63) is 36.4 Å². The van der Waals surface area contributed by atoms with E-state index in [0.29, 0.717) is 17.4 Å². The van der Waals surface area contributed by atoms with Crippen molar-refractivity contribution >= 4 is 15.6 Å². The highest BCUT2D eigenvalue weighted by atomic mass is 32.2. The van der Waals surface area contributed by atoms with Gasteiger partial charge in [0.2, 0.25) is 10.0 Å². The molecule has 0 N–H and O–H groups in total. The van der Waals surface area contributed by atoms with E-state index in [2.05, 4.69) is 6.58 Å². The minimum Gasteiger partial charge on any atom is -0.207 e. The summed E-state index contributed by atoms with van der Waals surface area (Å²) in [4.78, 5) is 0.420. The fraction of sp³-hybridized carbons (Fsp3) is 0.529. The van der Waals surface area contributed by atoms with Crippen molar-refractivity contribution in [2.24, 2.45) is 5.92 Å².